The molecule has 0 aliphatic rings. The van der Waals surface area contributed by atoms with E-state index in [2.05, 4.69) is 0 Å². The Morgan fingerprint density at radius 2 is 1.25 bits per heavy atom. The van der Waals surface area contributed by atoms with Crippen LogP contribution in [0.15, 0.2) is 0 Å². The van der Waals surface area contributed by atoms with Gasteiger partial charge in [-0.05, 0) is 0 Å². The molecule has 0 atom stereocenters. The standard InChI is InChI=1S/F2Se.Se/c1-3-2;. The topological polar surface area (TPSA) is 0 Å². The Balaban J connectivity index is 0. The quantitative estimate of drug-likeness (QED) is 0.481. The van der Waals surface area contributed by atoms with Crippen LogP contribution in [0.1, 0.15) is 0 Å². The first-order valence-electron chi connectivity index (χ1n) is 0.309. The van der Waals surface area contributed by atoms with Crippen molar-refractivity contribution in [1.82, 2.24) is 0 Å². The van der Waals surface area contributed by atoms with Gasteiger partial charge in [-0.1, -0.05) is 0 Å². The van der Waals surface area contributed by atoms with Crippen molar-refractivity contribution in [3.05, 3.63) is 0 Å². The summed E-state index contributed by atoms with van der Waals surface area (Å²) < 4.78 is 19.4. The van der Waals surface area contributed by atoms with Crippen LogP contribution in [-0.4, -0.2) is 32.9 Å². The van der Waals surface area contributed by atoms with Gasteiger partial charge in [-0.25, -0.2) is 0 Å². The van der Waals surface area contributed by atoms with Crippen molar-refractivity contribution in [3.8, 4) is 0 Å². The molecule has 0 aliphatic carbocycles. The molecule has 0 amide bonds. The molecular formula is F2Se2. The fourth-order valence-corrected chi connectivity index (χ4v) is 0. The second-order valence-electron chi connectivity index (χ2n) is 0.0583. The average Bonchev–Trinajstić information content (AvgIpc) is 0.918. The second-order valence-corrected chi connectivity index (χ2v) is 0.303. The zero-order valence-corrected chi connectivity index (χ0v) is 5.00. The van der Waals surface area contributed by atoms with Crippen LogP contribution in [0.2, 0.25) is 0 Å². The Bertz CT molecular complexity index is 4.00. The van der Waals surface area contributed by atoms with E-state index in [0.29, 0.717) is 0 Å². The average molecular weight is 196 g/mol. The molecule has 0 aliphatic heterocycles. The Kier molecular flexibility index (Phi) is 20.1. The number of hydrogen-bond acceptors (Lipinski definition) is 0. The van der Waals surface area contributed by atoms with Crippen LogP contribution >= 0.6 is 0 Å². The van der Waals surface area contributed by atoms with Gasteiger partial charge in [0.05, 0.1) is 0 Å². The van der Waals surface area contributed by atoms with Crippen LogP contribution in [0.3, 0.4) is 0 Å². The van der Waals surface area contributed by atoms with Crippen LogP contribution < -0.4 is 0 Å². The number of hydrogen-bond donors (Lipinski definition) is 0. The van der Waals surface area contributed by atoms with E-state index >= 15 is 0 Å². The largest absolute Gasteiger partial charge is 0 e. The third-order valence-corrected chi connectivity index (χ3v) is 0. The zero-order chi connectivity index (χ0) is 2.71. The summed E-state index contributed by atoms with van der Waals surface area (Å²) in [6, 6.07) is 0. The Labute approximate surface area is 40.5 Å². The maximum absolute atomic E-state index is 9.69. The second kappa shape index (κ2) is 9.09. The van der Waals surface area contributed by atoms with E-state index in [-0.39, 0.29) is 17.1 Å². The minimum Gasteiger partial charge on any atom is 0 e. The van der Waals surface area contributed by atoms with Crippen molar-refractivity contribution < 1.29 is 7.10 Å². The van der Waals surface area contributed by atoms with Crippen molar-refractivity contribution in [2.75, 3.05) is 0 Å². The molecule has 0 rings (SSSR count). The summed E-state index contributed by atoms with van der Waals surface area (Å²) in [6.45, 7) is 0. The first kappa shape index (κ1) is 8.86. The molecule has 2 radical (unpaired) electrons. The van der Waals surface area contributed by atoms with Gasteiger partial charge < -0.3 is 0 Å². The summed E-state index contributed by atoms with van der Waals surface area (Å²) >= 11 is -2.12. The molecule has 0 fully saturated rings. The molecule has 0 bridgehead atoms. The summed E-state index contributed by atoms with van der Waals surface area (Å²) in [4.78, 5) is 0. The molecule has 4 heteroatoms. The fraction of sp³-hybridized carbons (Fsp3) is 0. The van der Waals surface area contributed by atoms with Gasteiger partial charge in [-0.3, -0.25) is 0 Å². The molecule has 0 saturated heterocycles. The van der Waals surface area contributed by atoms with Crippen LogP contribution in [0.5, 0.6) is 0 Å². The number of halogens is 2. The molecule has 4 heavy (non-hydrogen) atoms. The Morgan fingerprint density at radius 3 is 1.25 bits per heavy atom. The van der Waals surface area contributed by atoms with Gasteiger partial charge in [0.2, 0.25) is 0 Å². The van der Waals surface area contributed by atoms with Gasteiger partial charge in [0.15, 0.2) is 0 Å². The van der Waals surface area contributed by atoms with E-state index in [1.807, 2.05) is 0 Å². The normalized spacial score (nSPS) is 4.50. The predicted molar refractivity (Wildman–Crippen MR) is 13.7 cm³/mol. The molecule has 0 spiro atoms. The third-order valence-electron chi connectivity index (χ3n) is 0. The van der Waals surface area contributed by atoms with Crippen molar-refractivity contribution in [1.29, 1.82) is 0 Å². The Morgan fingerprint density at radius 1 is 1.25 bits per heavy atom. The minimum absolute atomic E-state index is 0. The van der Waals surface area contributed by atoms with Crippen LogP contribution in [-0.2, 0) is 0 Å². The molecule has 26 valence electrons. The summed E-state index contributed by atoms with van der Waals surface area (Å²) in [6.07, 6.45) is 0. The van der Waals surface area contributed by atoms with Crippen molar-refractivity contribution in [3.63, 3.8) is 0 Å². The monoisotopic (exact) mass is 198 g/mol. The van der Waals surface area contributed by atoms with E-state index in [9.17, 15) is 7.10 Å². The smallest absolute Gasteiger partial charge is 0 e. The van der Waals surface area contributed by atoms with E-state index in [1.165, 1.54) is 0 Å². The molecule has 0 aromatic carbocycles. The minimum atomic E-state index is -2.12. The van der Waals surface area contributed by atoms with Crippen molar-refractivity contribution >= 4 is 32.9 Å². The van der Waals surface area contributed by atoms with E-state index in [1.54, 1.807) is 0 Å². The molecule has 0 unspecified atom stereocenters. The first-order valence-corrected chi connectivity index (χ1v) is 1.60. The third kappa shape index (κ3) is 12.9. The van der Waals surface area contributed by atoms with Gasteiger partial charge in [0, 0.05) is 17.1 Å². The van der Waals surface area contributed by atoms with Crippen molar-refractivity contribution in [2.24, 2.45) is 0 Å². The van der Waals surface area contributed by atoms with Crippen LogP contribution in [0.4, 0.5) is 7.10 Å². The van der Waals surface area contributed by atoms with Gasteiger partial charge in [0.1, 0.15) is 0 Å². The zero-order valence-electron chi connectivity index (χ0n) is 1.57. The molecule has 0 saturated carbocycles. The number of rotatable bonds is 0. The fourth-order valence-electron chi connectivity index (χ4n) is 0. The molecule has 0 aromatic rings. The van der Waals surface area contributed by atoms with Gasteiger partial charge in [0.25, 0.3) is 0 Å². The Hall–Kier alpha value is 0.899. The molecule has 0 nitrogen and oxygen atoms in total. The molecule has 0 aromatic heterocycles. The van der Waals surface area contributed by atoms with Gasteiger partial charge in [-0.15, -0.1) is 0 Å². The van der Waals surface area contributed by atoms with Gasteiger partial charge in [-0.2, -0.15) is 0 Å². The maximum atomic E-state index is 9.69. The van der Waals surface area contributed by atoms with E-state index in [0.717, 1.165) is 0 Å². The summed E-state index contributed by atoms with van der Waals surface area (Å²) in [7, 11) is 0. The molecule has 0 heterocycles. The maximum Gasteiger partial charge on any atom is 0 e. The van der Waals surface area contributed by atoms with Crippen LogP contribution in [0.25, 0.3) is 0 Å². The van der Waals surface area contributed by atoms with E-state index in [4.69, 9.17) is 0 Å². The van der Waals surface area contributed by atoms with E-state index < -0.39 is 15.9 Å². The van der Waals surface area contributed by atoms with Gasteiger partial charge >= 0.3 is 23.0 Å². The van der Waals surface area contributed by atoms with Crippen LogP contribution in [0, 0.1) is 0 Å². The molecular weight excluding hydrogens is 196 g/mol. The van der Waals surface area contributed by atoms with Crippen molar-refractivity contribution in [2.45, 2.75) is 0 Å². The first-order chi connectivity index (χ1) is 1.41. The summed E-state index contributed by atoms with van der Waals surface area (Å²) in [5.74, 6) is 0. The summed E-state index contributed by atoms with van der Waals surface area (Å²) in [5.41, 5.74) is 0. The predicted octanol–water partition coefficient (Wildman–Crippen LogP) is 0.0788. The molecule has 0 N–H and O–H groups in total. The summed E-state index contributed by atoms with van der Waals surface area (Å²) in [5, 5.41) is 0. The SMILES string of the molecule is F[Se]F.[Se].